The Kier molecular flexibility index (Phi) is 4.54. The van der Waals surface area contributed by atoms with Crippen LogP contribution in [0, 0.1) is 0 Å². The molecule has 1 aliphatic heterocycles. The number of carbonyl (C=O) groups is 1. The molecule has 2 unspecified atom stereocenters. The van der Waals surface area contributed by atoms with E-state index in [0.29, 0.717) is 19.4 Å². The summed E-state index contributed by atoms with van der Waals surface area (Å²) in [5, 5.41) is 12.4. The summed E-state index contributed by atoms with van der Waals surface area (Å²) in [6.07, 6.45) is 3.14. The number of aliphatic hydroxyl groups is 1. The highest BCUT2D eigenvalue weighted by atomic mass is 16.5. The third kappa shape index (κ3) is 4.62. The average molecular weight is 215 g/mol. The standard InChI is InChI=1S/C11H21NO3/c1-3-11(2,14)8-12-10(13)7-9-5-4-6-15-9/h9,14H,3-8H2,1-2H3,(H,12,13). The van der Waals surface area contributed by atoms with E-state index < -0.39 is 5.60 Å². The van der Waals surface area contributed by atoms with Crippen LogP contribution in [-0.4, -0.2) is 35.9 Å². The quantitative estimate of drug-likeness (QED) is 0.714. The van der Waals surface area contributed by atoms with Gasteiger partial charge in [0, 0.05) is 13.2 Å². The zero-order chi connectivity index (χ0) is 11.3. The molecule has 0 aromatic rings. The molecule has 4 nitrogen and oxygen atoms in total. The van der Waals surface area contributed by atoms with E-state index in [-0.39, 0.29) is 12.0 Å². The van der Waals surface area contributed by atoms with Gasteiger partial charge in [-0.1, -0.05) is 6.92 Å². The molecule has 88 valence electrons. The molecule has 2 atom stereocenters. The Morgan fingerprint density at radius 2 is 2.40 bits per heavy atom. The van der Waals surface area contributed by atoms with Crippen molar-refractivity contribution in [3.05, 3.63) is 0 Å². The maximum atomic E-state index is 11.5. The van der Waals surface area contributed by atoms with Gasteiger partial charge in [0.2, 0.25) is 5.91 Å². The molecule has 15 heavy (non-hydrogen) atoms. The lowest BCUT2D eigenvalue weighted by Crippen LogP contribution is -2.40. The van der Waals surface area contributed by atoms with Crippen molar-refractivity contribution in [1.29, 1.82) is 0 Å². The molecule has 0 spiro atoms. The van der Waals surface area contributed by atoms with E-state index in [2.05, 4.69) is 5.32 Å². The van der Waals surface area contributed by atoms with Crippen LogP contribution in [0.15, 0.2) is 0 Å². The van der Waals surface area contributed by atoms with Crippen LogP contribution in [0.5, 0.6) is 0 Å². The van der Waals surface area contributed by atoms with Crippen LogP contribution in [0.1, 0.15) is 39.5 Å². The van der Waals surface area contributed by atoms with E-state index >= 15 is 0 Å². The first-order valence-electron chi connectivity index (χ1n) is 5.64. The summed E-state index contributed by atoms with van der Waals surface area (Å²) in [5.41, 5.74) is -0.799. The first-order chi connectivity index (χ1) is 7.03. The topological polar surface area (TPSA) is 58.6 Å². The minimum atomic E-state index is -0.799. The third-order valence-electron chi connectivity index (χ3n) is 2.87. The van der Waals surface area contributed by atoms with Crippen molar-refractivity contribution < 1.29 is 14.6 Å². The third-order valence-corrected chi connectivity index (χ3v) is 2.87. The molecule has 4 heteroatoms. The SMILES string of the molecule is CCC(C)(O)CNC(=O)CC1CCCO1. The van der Waals surface area contributed by atoms with Crippen LogP contribution in [0.2, 0.25) is 0 Å². The van der Waals surface area contributed by atoms with E-state index in [1.165, 1.54) is 0 Å². The second kappa shape index (κ2) is 5.47. The highest BCUT2D eigenvalue weighted by Gasteiger charge is 2.22. The highest BCUT2D eigenvalue weighted by molar-refractivity contribution is 5.76. The molecule has 0 saturated carbocycles. The summed E-state index contributed by atoms with van der Waals surface area (Å²) in [6, 6.07) is 0. The van der Waals surface area contributed by atoms with Crippen LogP contribution < -0.4 is 5.32 Å². The van der Waals surface area contributed by atoms with Crippen molar-refractivity contribution in [1.82, 2.24) is 5.32 Å². The highest BCUT2D eigenvalue weighted by Crippen LogP contribution is 2.15. The molecule has 1 saturated heterocycles. The Morgan fingerprint density at radius 1 is 1.67 bits per heavy atom. The average Bonchev–Trinajstić information content (AvgIpc) is 2.68. The van der Waals surface area contributed by atoms with E-state index in [9.17, 15) is 9.90 Å². The van der Waals surface area contributed by atoms with Crippen molar-refractivity contribution in [2.75, 3.05) is 13.2 Å². The Morgan fingerprint density at radius 3 is 2.93 bits per heavy atom. The van der Waals surface area contributed by atoms with Crippen LogP contribution in [0.3, 0.4) is 0 Å². The molecule has 0 bridgehead atoms. The first-order valence-corrected chi connectivity index (χ1v) is 5.64. The summed E-state index contributed by atoms with van der Waals surface area (Å²) >= 11 is 0. The fourth-order valence-corrected chi connectivity index (χ4v) is 1.50. The van der Waals surface area contributed by atoms with Crippen molar-refractivity contribution >= 4 is 5.91 Å². The summed E-state index contributed by atoms with van der Waals surface area (Å²) < 4.78 is 5.36. The molecular formula is C11H21NO3. The molecule has 0 aromatic carbocycles. The number of hydrogen-bond acceptors (Lipinski definition) is 3. The molecule has 0 aromatic heterocycles. The lowest BCUT2D eigenvalue weighted by atomic mass is 10.0. The predicted molar refractivity (Wildman–Crippen MR) is 57.5 cm³/mol. The number of ether oxygens (including phenoxy) is 1. The minimum absolute atomic E-state index is 0.0318. The molecule has 1 aliphatic rings. The summed E-state index contributed by atoms with van der Waals surface area (Å²) in [5.74, 6) is -0.0318. The van der Waals surface area contributed by atoms with Crippen molar-refractivity contribution in [2.45, 2.75) is 51.2 Å². The van der Waals surface area contributed by atoms with Crippen LogP contribution in [0.25, 0.3) is 0 Å². The van der Waals surface area contributed by atoms with Gasteiger partial charge >= 0.3 is 0 Å². The maximum Gasteiger partial charge on any atom is 0.222 e. The number of hydrogen-bond donors (Lipinski definition) is 2. The van der Waals surface area contributed by atoms with Gasteiger partial charge in [0.05, 0.1) is 18.1 Å². The Bertz CT molecular complexity index is 210. The fraction of sp³-hybridized carbons (Fsp3) is 0.909. The summed E-state index contributed by atoms with van der Waals surface area (Å²) in [6.45, 7) is 4.70. The lowest BCUT2D eigenvalue weighted by molar-refractivity contribution is -0.124. The van der Waals surface area contributed by atoms with Gasteiger partial charge in [-0.2, -0.15) is 0 Å². The summed E-state index contributed by atoms with van der Waals surface area (Å²) in [7, 11) is 0. The maximum absolute atomic E-state index is 11.5. The number of rotatable bonds is 5. The van der Waals surface area contributed by atoms with E-state index in [4.69, 9.17) is 4.74 Å². The normalized spacial score (nSPS) is 24.9. The Hall–Kier alpha value is -0.610. The van der Waals surface area contributed by atoms with Crippen LogP contribution in [-0.2, 0) is 9.53 Å². The zero-order valence-corrected chi connectivity index (χ0v) is 9.58. The van der Waals surface area contributed by atoms with Crippen LogP contribution >= 0.6 is 0 Å². The molecule has 1 fully saturated rings. The Balaban J connectivity index is 2.18. The molecule has 1 rings (SSSR count). The second-order valence-corrected chi connectivity index (χ2v) is 4.47. The first kappa shape index (κ1) is 12.5. The largest absolute Gasteiger partial charge is 0.388 e. The van der Waals surface area contributed by atoms with E-state index in [1.54, 1.807) is 6.92 Å². The van der Waals surface area contributed by atoms with E-state index in [1.807, 2.05) is 6.92 Å². The van der Waals surface area contributed by atoms with Gasteiger partial charge in [-0.05, 0) is 26.2 Å². The van der Waals surface area contributed by atoms with Gasteiger partial charge in [0.25, 0.3) is 0 Å². The predicted octanol–water partition coefficient (Wildman–Crippen LogP) is 0.833. The molecule has 1 amide bonds. The van der Waals surface area contributed by atoms with Gasteiger partial charge in [-0.15, -0.1) is 0 Å². The smallest absolute Gasteiger partial charge is 0.222 e. The molecule has 0 aliphatic carbocycles. The van der Waals surface area contributed by atoms with Crippen molar-refractivity contribution in [3.63, 3.8) is 0 Å². The molecule has 0 radical (unpaired) electrons. The zero-order valence-electron chi connectivity index (χ0n) is 9.58. The van der Waals surface area contributed by atoms with Gasteiger partial charge in [0.1, 0.15) is 0 Å². The number of nitrogens with one attached hydrogen (secondary N) is 1. The molecular weight excluding hydrogens is 194 g/mol. The van der Waals surface area contributed by atoms with Gasteiger partial charge in [0.15, 0.2) is 0 Å². The van der Waals surface area contributed by atoms with Crippen LogP contribution in [0.4, 0.5) is 0 Å². The molecule has 1 heterocycles. The molecule has 2 N–H and O–H groups in total. The number of amides is 1. The monoisotopic (exact) mass is 215 g/mol. The Labute approximate surface area is 91.0 Å². The minimum Gasteiger partial charge on any atom is -0.388 e. The van der Waals surface area contributed by atoms with Gasteiger partial charge in [-0.3, -0.25) is 4.79 Å². The lowest BCUT2D eigenvalue weighted by Gasteiger charge is -2.21. The van der Waals surface area contributed by atoms with Gasteiger partial charge in [-0.25, -0.2) is 0 Å². The van der Waals surface area contributed by atoms with Gasteiger partial charge < -0.3 is 15.2 Å². The summed E-state index contributed by atoms with van der Waals surface area (Å²) in [4.78, 5) is 11.5. The van der Waals surface area contributed by atoms with Crippen molar-refractivity contribution in [3.8, 4) is 0 Å². The van der Waals surface area contributed by atoms with Crippen molar-refractivity contribution in [2.24, 2.45) is 0 Å². The van der Waals surface area contributed by atoms with E-state index in [0.717, 1.165) is 19.4 Å². The second-order valence-electron chi connectivity index (χ2n) is 4.47. The fourth-order valence-electron chi connectivity index (χ4n) is 1.50. The number of carbonyl (C=O) groups excluding carboxylic acids is 1.